The van der Waals surface area contributed by atoms with Crippen LogP contribution in [0.4, 0.5) is 0 Å². The van der Waals surface area contributed by atoms with E-state index in [0.29, 0.717) is 17.8 Å². The first-order chi connectivity index (χ1) is 7.39. The van der Waals surface area contributed by atoms with Crippen LogP contribution in [0, 0.1) is 29.1 Å². The summed E-state index contributed by atoms with van der Waals surface area (Å²) in [5, 5.41) is 0. The normalized spacial score (nSPS) is 33.4. The summed E-state index contributed by atoms with van der Waals surface area (Å²) in [5.41, 5.74) is 5.73. The summed E-state index contributed by atoms with van der Waals surface area (Å²) in [6, 6.07) is 0. The lowest BCUT2D eigenvalue weighted by atomic mass is 9.82. The molecule has 2 heteroatoms. The van der Waals surface area contributed by atoms with Crippen molar-refractivity contribution in [2.75, 3.05) is 0 Å². The van der Waals surface area contributed by atoms with Crippen LogP contribution in [0.1, 0.15) is 53.9 Å². The minimum absolute atomic E-state index is 0.0833. The molecule has 0 saturated heterocycles. The van der Waals surface area contributed by atoms with Gasteiger partial charge in [0.05, 0.1) is 0 Å². The van der Waals surface area contributed by atoms with Crippen molar-refractivity contribution < 1.29 is 4.79 Å². The molecule has 1 rings (SSSR count). The smallest absolute Gasteiger partial charge is 0.221 e. The molecule has 1 saturated carbocycles. The first-order valence-electron chi connectivity index (χ1n) is 6.68. The Balaban J connectivity index is 2.81. The molecule has 2 nitrogen and oxygen atoms in total. The Bertz CT molecular complexity index is 257. The fourth-order valence-electron chi connectivity index (χ4n) is 3.75. The van der Waals surface area contributed by atoms with E-state index < -0.39 is 0 Å². The minimum Gasteiger partial charge on any atom is -0.369 e. The second-order valence-corrected chi connectivity index (χ2v) is 6.00. The number of carbonyl (C=O) groups is 1. The van der Waals surface area contributed by atoms with Crippen LogP contribution < -0.4 is 5.73 Å². The Morgan fingerprint density at radius 2 is 1.81 bits per heavy atom. The number of primary amides is 1. The summed E-state index contributed by atoms with van der Waals surface area (Å²) < 4.78 is 0. The third kappa shape index (κ3) is 2.11. The van der Waals surface area contributed by atoms with Crippen molar-refractivity contribution in [1.82, 2.24) is 0 Å². The highest BCUT2D eigenvalue weighted by Crippen LogP contribution is 2.66. The maximum Gasteiger partial charge on any atom is 0.221 e. The van der Waals surface area contributed by atoms with Gasteiger partial charge in [-0.2, -0.15) is 0 Å². The van der Waals surface area contributed by atoms with Gasteiger partial charge in [-0.05, 0) is 29.6 Å². The predicted octanol–water partition coefficient (Wildman–Crippen LogP) is 3.21. The van der Waals surface area contributed by atoms with E-state index in [0.717, 1.165) is 19.3 Å². The molecule has 16 heavy (non-hydrogen) atoms. The average molecular weight is 225 g/mol. The van der Waals surface area contributed by atoms with Crippen LogP contribution >= 0.6 is 0 Å². The average Bonchev–Trinajstić information content (AvgIpc) is 2.72. The van der Waals surface area contributed by atoms with E-state index in [4.69, 9.17) is 5.73 Å². The lowest BCUT2D eigenvalue weighted by Gasteiger charge is -2.23. The summed E-state index contributed by atoms with van der Waals surface area (Å²) in [4.78, 5) is 11.5. The van der Waals surface area contributed by atoms with Gasteiger partial charge in [0.1, 0.15) is 0 Å². The van der Waals surface area contributed by atoms with E-state index in [1.807, 2.05) is 0 Å². The molecule has 0 radical (unpaired) electrons. The van der Waals surface area contributed by atoms with Crippen molar-refractivity contribution in [2.45, 2.75) is 53.9 Å². The third-order valence-corrected chi connectivity index (χ3v) is 4.66. The molecule has 0 unspecified atom stereocenters. The van der Waals surface area contributed by atoms with Gasteiger partial charge >= 0.3 is 0 Å². The van der Waals surface area contributed by atoms with Crippen molar-refractivity contribution in [3.05, 3.63) is 0 Å². The number of hydrogen-bond donors (Lipinski definition) is 1. The molecule has 1 fully saturated rings. The molecule has 2 N–H and O–H groups in total. The number of nitrogens with two attached hydrogens (primary N) is 1. The van der Waals surface area contributed by atoms with Crippen LogP contribution in [0.2, 0.25) is 0 Å². The largest absolute Gasteiger partial charge is 0.369 e. The molecular weight excluding hydrogens is 198 g/mol. The van der Waals surface area contributed by atoms with Crippen LogP contribution in [0.3, 0.4) is 0 Å². The van der Waals surface area contributed by atoms with Crippen molar-refractivity contribution in [3.8, 4) is 0 Å². The second kappa shape index (κ2) is 4.77. The van der Waals surface area contributed by atoms with Crippen molar-refractivity contribution in [2.24, 2.45) is 34.8 Å². The zero-order valence-corrected chi connectivity index (χ0v) is 11.4. The topological polar surface area (TPSA) is 43.1 Å². The number of amides is 1. The van der Waals surface area contributed by atoms with E-state index in [2.05, 4.69) is 34.6 Å². The SMILES string of the molecule is CCC(CC)[C@]1(C)[C@@H](CC(C)C)[C@@H]1C(N)=O. The first-order valence-corrected chi connectivity index (χ1v) is 6.68. The third-order valence-electron chi connectivity index (χ3n) is 4.66. The lowest BCUT2D eigenvalue weighted by molar-refractivity contribution is -0.120. The van der Waals surface area contributed by atoms with Crippen molar-refractivity contribution >= 4 is 5.91 Å². The molecule has 0 aliphatic heterocycles. The Kier molecular flexibility index (Phi) is 4.03. The molecule has 3 atom stereocenters. The molecule has 94 valence electrons. The van der Waals surface area contributed by atoms with E-state index in [9.17, 15) is 4.79 Å². The lowest BCUT2D eigenvalue weighted by Crippen LogP contribution is -2.22. The van der Waals surface area contributed by atoms with Crippen LogP contribution in [-0.4, -0.2) is 5.91 Å². The molecule has 0 spiro atoms. The summed E-state index contributed by atoms with van der Waals surface area (Å²) in [5.74, 6) is 1.87. The molecule has 1 aliphatic rings. The number of rotatable bonds is 6. The zero-order chi connectivity index (χ0) is 12.5. The van der Waals surface area contributed by atoms with E-state index in [1.165, 1.54) is 0 Å². The van der Waals surface area contributed by atoms with Gasteiger partial charge in [0.25, 0.3) is 0 Å². The van der Waals surface area contributed by atoms with Gasteiger partial charge in [-0.15, -0.1) is 0 Å². The van der Waals surface area contributed by atoms with Gasteiger partial charge in [0, 0.05) is 5.92 Å². The van der Waals surface area contributed by atoms with Crippen LogP contribution in [-0.2, 0) is 4.79 Å². The first kappa shape index (κ1) is 13.5. The zero-order valence-electron chi connectivity index (χ0n) is 11.4. The summed E-state index contributed by atoms with van der Waals surface area (Å²) in [6.07, 6.45) is 3.46. The molecule has 0 aromatic carbocycles. The molecule has 1 aliphatic carbocycles. The molecule has 1 amide bonds. The maximum absolute atomic E-state index is 11.5. The van der Waals surface area contributed by atoms with Gasteiger partial charge < -0.3 is 5.73 Å². The van der Waals surface area contributed by atoms with E-state index >= 15 is 0 Å². The highest BCUT2D eigenvalue weighted by molar-refractivity contribution is 5.81. The standard InChI is InChI=1S/C14H27NO/c1-6-10(7-2)14(5)11(8-9(3)4)12(14)13(15)16/h9-12H,6-8H2,1-5H3,(H2,15,16)/t11-,12+,14+/m0/s1. The van der Waals surface area contributed by atoms with Gasteiger partial charge in [-0.1, -0.05) is 47.5 Å². The highest BCUT2D eigenvalue weighted by Gasteiger charge is 2.65. The quantitative estimate of drug-likeness (QED) is 0.741. The Hall–Kier alpha value is -0.530. The fourth-order valence-corrected chi connectivity index (χ4v) is 3.75. The molecule has 0 bridgehead atoms. The molecule has 0 aromatic heterocycles. The van der Waals surface area contributed by atoms with Crippen LogP contribution in [0.25, 0.3) is 0 Å². The van der Waals surface area contributed by atoms with Gasteiger partial charge in [-0.25, -0.2) is 0 Å². The Morgan fingerprint density at radius 1 is 1.31 bits per heavy atom. The molecule has 0 aromatic rings. The van der Waals surface area contributed by atoms with Gasteiger partial charge in [0.2, 0.25) is 5.91 Å². The Labute approximate surface area is 100.0 Å². The van der Waals surface area contributed by atoms with E-state index in [-0.39, 0.29) is 17.2 Å². The monoisotopic (exact) mass is 225 g/mol. The Morgan fingerprint density at radius 3 is 2.12 bits per heavy atom. The predicted molar refractivity (Wildman–Crippen MR) is 67.8 cm³/mol. The fraction of sp³-hybridized carbons (Fsp3) is 0.929. The van der Waals surface area contributed by atoms with E-state index in [1.54, 1.807) is 0 Å². The van der Waals surface area contributed by atoms with Crippen molar-refractivity contribution in [1.29, 1.82) is 0 Å². The number of hydrogen-bond acceptors (Lipinski definition) is 1. The maximum atomic E-state index is 11.5. The van der Waals surface area contributed by atoms with Gasteiger partial charge in [-0.3, -0.25) is 4.79 Å². The molecular formula is C14H27NO. The summed E-state index contributed by atoms with van der Waals surface area (Å²) >= 11 is 0. The van der Waals surface area contributed by atoms with Crippen LogP contribution in [0.15, 0.2) is 0 Å². The summed E-state index contributed by atoms with van der Waals surface area (Å²) in [7, 11) is 0. The minimum atomic E-state index is -0.0833. The highest BCUT2D eigenvalue weighted by atomic mass is 16.1. The second-order valence-electron chi connectivity index (χ2n) is 6.00. The van der Waals surface area contributed by atoms with Gasteiger partial charge in [0.15, 0.2) is 0 Å². The van der Waals surface area contributed by atoms with Crippen LogP contribution in [0.5, 0.6) is 0 Å². The summed E-state index contributed by atoms with van der Waals surface area (Å²) in [6.45, 7) is 11.2. The van der Waals surface area contributed by atoms with Crippen molar-refractivity contribution in [3.63, 3.8) is 0 Å². The number of carbonyl (C=O) groups excluding carboxylic acids is 1. The molecule has 0 heterocycles.